The Labute approximate surface area is 128 Å². The van der Waals surface area contributed by atoms with Crippen molar-refractivity contribution in [2.75, 3.05) is 7.11 Å². The summed E-state index contributed by atoms with van der Waals surface area (Å²) >= 11 is 0. The van der Waals surface area contributed by atoms with Crippen LogP contribution < -0.4 is 9.47 Å². The highest BCUT2D eigenvalue weighted by atomic mass is 19.1. The van der Waals surface area contributed by atoms with Crippen molar-refractivity contribution in [3.63, 3.8) is 0 Å². The van der Waals surface area contributed by atoms with Gasteiger partial charge in [-0.1, -0.05) is 6.07 Å². The highest BCUT2D eigenvalue weighted by Gasteiger charge is 2.11. The number of para-hydroxylation sites is 1. The summed E-state index contributed by atoms with van der Waals surface area (Å²) in [6.45, 7) is 3.79. The average molecular weight is 305 g/mol. The molecule has 0 saturated carbocycles. The number of rotatable bonds is 5. The third-order valence-electron chi connectivity index (χ3n) is 2.84. The first kappa shape index (κ1) is 15.9. The second-order valence-electron chi connectivity index (χ2n) is 4.90. The molecule has 0 aromatic heterocycles. The van der Waals surface area contributed by atoms with E-state index in [0.717, 1.165) is 12.1 Å². The normalized spacial score (nSPS) is 11.2. The van der Waals surface area contributed by atoms with Crippen molar-refractivity contribution in [1.29, 1.82) is 0 Å². The summed E-state index contributed by atoms with van der Waals surface area (Å²) in [6.07, 6.45) is 1.42. The van der Waals surface area contributed by atoms with Crippen molar-refractivity contribution < 1.29 is 18.3 Å². The predicted molar refractivity (Wildman–Crippen MR) is 82.4 cm³/mol. The number of hydrogen-bond acceptors (Lipinski definition) is 3. The molecule has 0 saturated heterocycles. The maximum absolute atomic E-state index is 13.6. The van der Waals surface area contributed by atoms with Crippen LogP contribution in [-0.2, 0) is 0 Å². The Morgan fingerprint density at radius 2 is 1.91 bits per heavy atom. The largest absolute Gasteiger partial charge is 0.493 e. The number of benzene rings is 2. The van der Waals surface area contributed by atoms with Crippen LogP contribution in [0.2, 0.25) is 0 Å². The summed E-state index contributed by atoms with van der Waals surface area (Å²) in [5, 5.41) is 0. The van der Waals surface area contributed by atoms with Crippen molar-refractivity contribution in [2.45, 2.75) is 20.0 Å². The zero-order valence-electron chi connectivity index (χ0n) is 12.6. The third kappa shape index (κ3) is 3.81. The zero-order chi connectivity index (χ0) is 16.1. The molecule has 0 N–H and O–H groups in total. The topological polar surface area (TPSA) is 30.8 Å². The average Bonchev–Trinajstić information content (AvgIpc) is 2.47. The lowest BCUT2D eigenvalue weighted by Crippen LogP contribution is -2.08. The lowest BCUT2D eigenvalue weighted by molar-refractivity contribution is 0.230. The molecule has 0 amide bonds. The smallest absolute Gasteiger partial charge is 0.170 e. The van der Waals surface area contributed by atoms with Gasteiger partial charge in [0.2, 0.25) is 0 Å². The minimum atomic E-state index is -0.717. The van der Waals surface area contributed by atoms with E-state index in [1.807, 2.05) is 13.8 Å². The van der Waals surface area contributed by atoms with E-state index in [4.69, 9.17) is 9.47 Å². The van der Waals surface area contributed by atoms with E-state index in [-0.39, 0.29) is 11.8 Å². The van der Waals surface area contributed by atoms with E-state index in [1.165, 1.54) is 12.3 Å². The number of methoxy groups -OCH3 is 1. The van der Waals surface area contributed by atoms with Gasteiger partial charge in [0, 0.05) is 17.8 Å². The molecule has 0 fully saturated rings. The lowest BCUT2D eigenvalue weighted by atomic mass is 10.2. The van der Waals surface area contributed by atoms with Gasteiger partial charge in [0.05, 0.1) is 18.9 Å². The summed E-state index contributed by atoms with van der Waals surface area (Å²) in [4.78, 5) is 4.06. The summed E-state index contributed by atoms with van der Waals surface area (Å²) < 4.78 is 37.5. The molecule has 0 unspecified atom stereocenters. The van der Waals surface area contributed by atoms with E-state index in [0.29, 0.717) is 17.1 Å². The molecule has 0 aliphatic rings. The molecule has 0 spiro atoms. The van der Waals surface area contributed by atoms with Crippen molar-refractivity contribution >= 4 is 11.9 Å². The first-order valence-corrected chi connectivity index (χ1v) is 6.84. The molecule has 2 aromatic carbocycles. The van der Waals surface area contributed by atoms with Gasteiger partial charge in [-0.05, 0) is 38.1 Å². The fraction of sp³-hybridized carbons (Fsp3) is 0.235. The molecule has 0 atom stereocenters. The standard InChI is InChI=1S/C17H17F2NO2/c1-11(2)22-17-12(5-4-6-16(17)21-3)10-20-15-8-7-13(18)9-14(15)19/h4-11H,1-3H3. The van der Waals surface area contributed by atoms with Crippen LogP contribution in [0.3, 0.4) is 0 Å². The number of hydrogen-bond donors (Lipinski definition) is 0. The fourth-order valence-electron chi connectivity index (χ4n) is 1.88. The van der Waals surface area contributed by atoms with Gasteiger partial charge in [-0.25, -0.2) is 8.78 Å². The van der Waals surface area contributed by atoms with Crippen molar-refractivity contribution in [1.82, 2.24) is 0 Å². The molecule has 3 nitrogen and oxygen atoms in total. The van der Waals surface area contributed by atoms with Crippen LogP contribution in [0.5, 0.6) is 11.5 Å². The van der Waals surface area contributed by atoms with Crippen LogP contribution in [0.4, 0.5) is 14.5 Å². The fourth-order valence-corrected chi connectivity index (χ4v) is 1.88. The summed E-state index contributed by atoms with van der Waals surface area (Å²) in [6, 6.07) is 8.58. The SMILES string of the molecule is COc1cccc(C=Nc2ccc(F)cc2F)c1OC(C)C. The van der Waals surface area contributed by atoms with Crippen molar-refractivity contribution in [3.05, 3.63) is 53.6 Å². The Balaban J connectivity index is 2.37. The van der Waals surface area contributed by atoms with Crippen LogP contribution in [0, 0.1) is 11.6 Å². The van der Waals surface area contributed by atoms with Gasteiger partial charge < -0.3 is 9.47 Å². The van der Waals surface area contributed by atoms with Crippen LogP contribution >= 0.6 is 0 Å². The van der Waals surface area contributed by atoms with Crippen LogP contribution in [0.25, 0.3) is 0 Å². The number of aliphatic imine (C=N–C) groups is 1. The Kier molecular flexibility index (Phi) is 5.09. The molecule has 0 aliphatic heterocycles. The molecule has 22 heavy (non-hydrogen) atoms. The van der Waals surface area contributed by atoms with E-state index >= 15 is 0 Å². The Morgan fingerprint density at radius 3 is 2.55 bits per heavy atom. The number of ether oxygens (including phenoxy) is 2. The van der Waals surface area contributed by atoms with Crippen LogP contribution in [0.15, 0.2) is 41.4 Å². The van der Waals surface area contributed by atoms with E-state index < -0.39 is 11.6 Å². The molecule has 0 heterocycles. The molecule has 5 heteroatoms. The quantitative estimate of drug-likeness (QED) is 0.761. The van der Waals surface area contributed by atoms with Gasteiger partial charge in [-0.15, -0.1) is 0 Å². The van der Waals surface area contributed by atoms with E-state index in [9.17, 15) is 8.78 Å². The minimum absolute atomic E-state index is 0.0500. The number of nitrogens with zero attached hydrogens (tertiary/aromatic N) is 1. The molecule has 0 bridgehead atoms. The number of halogens is 2. The monoisotopic (exact) mass is 305 g/mol. The molecule has 2 aromatic rings. The van der Waals surface area contributed by atoms with Gasteiger partial charge in [-0.2, -0.15) is 0 Å². The van der Waals surface area contributed by atoms with Crippen LogP contribution in [0.1, 0.15) is 19.4 Å². The molecular weight excluding hydrogens is 288 g/mol. The lowest BCUT2D eigenvalue weighted by Gasteiger charge is -2.15. The summed E-state index contributed by atoms with van der Waals surface area (Å²) in [7, 11) is 1.54. The second-order valence-corrected chi connectivity index (χ2v) is 4.90. The third-order valence-corrected chi connectivity index (χ3v) is 2.84. The van der Waals surface area contributed by atoms with E-state index in [2.05, 4.69) is 4.99 Å². The predicted octanol–water partition coefficient (Wildman–Crippen LogP) is 4.51. The Hall–Kier alpha value is -2.43. The van der Waals surface area contributed by atoms with Crippen LogP contribution in [-0.4, -0.2) is 19.4 Å². The zero-order valence-corrected chi connectivity index (χ0v) is 12.6. The highest BCUT2D eigenvalue weighted by Crippen LogP contribution is 2.31. The van der Waals surface area contributed by atoms with Gasteiger partial charge in [0.25, 0.3) is 0 Å². The first-order valence-electron chi connectivity index (χ1n) is 6.84. The van der Waals surface area contributed by atoms with Gasteiger partial charge in [0.15, 0.2) is 17.3 Å². The maximum atomic E-state index is 13.6. The Bertz CT molecular complexity index is 684. The summed E-state index contributed by atoms with van der Waals surface area (Å²) in [5.74, 6) is -0.254. The minimum Gasteiger partial charge on any atom is -0.493 e. The van der Waals surface area contributed by atoms with Gasteiger partial charge in [0.1, 0.15) is 5.82 Å². The van der Waals surface area contributed by atoms with Gasteiger partial charge >= 0.3 is 0 Å². The second kappa shape index (κ2) is 7.02. The first-order chi connectivity index (χ1) is 10.5. The highest BCUT2D eigenvalue weighted by molar-refractivity contribution is 5.86. The van der Waals surface area contributed by atoms with Crippen molar-refractivity contribution in [3.8, 4) is 11.5 Å². The molecule has 116 valence electrons. The Morgan fingerprint density at radius 1 is 1.14 bits per heavy atom. The van der Waals surface area contributed by atoms with Crippen molar-refractivity contribution in [2.24, 2.45) is 4.99 Å². The molecule has 2 rings (SSSR count). The molecule has 0 aliphatic carbocycles. The molecule has 0 radical (unpaired) electrons. The molecular formula is C17H17F2NO2. The van der Waals surface area contributed by atoms with Gasteiger partial charge in [-0.3, -0.25) is 4.99 Å². The van der Waals surface area contributed by atoms with E-state index in [1.54, 1.807) is 25.3 Å². The summed E-state index contributed by atoms with van der Waals surface area (Å²) in [5.41, 5.74) is 0.705. The maximum Gasteiger partial charge on any atom is 0.170 e.